The monoisotopic (exact) mass is 452 g/mol. The molecule has 1 aromatic heterocycles. The van der Waals surface area contributed by atoms with E-state index in [9.17, 15) is 4.79 Å². The Labute approximate surface area is 184 Å². The molecule has 0 N–H and O–H groups in total. The van der Waals surface area contributed by atoms with Gasteiger partial charge in [0.1, 0.15) is 12.4 Å². The van der Waals surface area contributed by atoms with Crippen LogP contribution in [0.3, 0.4) is 0 Å². The summed E-state index contributed by atoms with van der Waals surface area (Å²) in [6.07, 6.45) is 9.96. The molecule has 0 saturated carbocycles. The molecule has 1 aliphatic rings. The number of rotatable bonds is 8. The van der Waals surface area contributed by atoms with Crippen molar-refractivity contribution in [2.24, 2.45) is 0 Å². The number of carbonyl (C=O) groups excluding carboxylic acids is 1. The number of hydrogen-bond donors (Lipinski definition) is 0. The molecule has 30 heavy (non-hydrogen) atoms. The molecule has 2 heterocycles. The van der Waals surface area contributed by atoms with Crippen LogP contribution in [0, 0.1) is 0 Å². The van der Waals surface area contributed by atoms with Crippen LogP contribution in [0.5, 0.6) is 0 Å². The van der Waals surface area contributed by atoms with Gasteiger partial charge in [0, 0.05) is 22.9 Å². The first-order valence-electron chi connectivity index (χ1n) is 9.72. The maximum atomic E-state index is 12.3. The summed E-state index contributed by atoms with van der Waals surface area (Å²) in [7, 11) is -0.579. The average Bonchev–Trinajstić information content (AvgIpc) is 3.18. The van der Waals surface area contributed by atoms with Gasteiger partial charge in [-0.2, -0.15) is 0 Å². The SMILES string of the molecule is C=CC(=O)N1CCOC[C@H]1c1cc(Cl)cc(-c2cn(COCCS(C)(C)C)nn2)c1. The van der Waals surface area contributed by atoms with E-state index in [1.807, 2.05) is 24.4 Å². The van der Waals surface area contributed by atoms with Gasteiger partial charge >= 0.3 is 0 Å². The Kier molecular flexibility index (Phi) is 7.57. The Hall–Kier alpha value is -1.87. The summed E-state index contributed by atoms with van der Waals surface area (Å²) < 4.78 is 13.0. The number of ether oxygens (including phenoxy) is 2. The lowest BCUT2D eigenvalue weighted by Gasteiger charge is -2.35. The second kappa shape index (κ2) is 9.96. The van der Waals surface area contributed by atoms with Crippen LogP contribution in [0.1, 0.15) is 11.6 Å². The average molecular weight is 453 g/mol. The van der Waals surface area contributed by atoms with E-state index >= 15 is 0 Å². The van der Waals surface area contributed by atoms with Gasteiger partial charge in [-0.3, -0.25) is 4.79 Å². The number of benzene rings is 1. The molecular formula is C21H29ClN4O3S. The third-order valence-corrected chi connectivity index (χ3v) is 6.40. The van der Waals surface area contributed by atoms with Crippen molar-refractivity contribution in [3.05, 3.63) is 47.6 Å². The molecule has 7 nitrogen and oxygen atoms in total. The predicted molar refractivity (Wildman–Crippen MR) is 122 cm³/mol. The topological polar surface area (TPSA) is 69.5 Å². The number of hydrogen-bond acceptors (Lipinski definition) is 5. The summed E-state index contributed by atoms with van der Waals surface area (Å²) in [6, 6.07) is 5.45. The Morgan fingerprint density at radius 3 is 2.93 bits per heavy atom. The van der Waals surface area contributed by atoms with Crippen molar-refractivity contribution < 1.29 is 14.3 Å². The second-order valence-electron chi connectivity index (χ2n) is 8.08. The minimum Gasteiger partial charge on any atom is -0.377 e. The van der Waals surface area contributed by atoms with Gasteiger partial charge in [-0.05, 0) is 48.6 Å². The number of morpholine rings is 1. The van der Waals surface area contributed by atoms with E-state index in [1.54, 1.807) is 9.58 Å². The summed E-state index contributed by atoms with van der Waals surface area (Å²) >= 11 is 6.39. The Morgan fingerprint density at radius 2 is 2.20 bits per heavy atom. The van der Waals surface area contributed by atoms with Crippen LogP contribution in [0.15, 0.2) is 37.1 Å². The van der Waals surface area contributed by atoms with Crippen LogP contribution in [0.25, 0.3) is 11.3 Å². The lowest BCUT2D eigenvalue weighted by Crippen LogP contribution is -2.42. The van der Waals surface area contributed by atoms with Gasteiger partial charge in [0.15, 0.2) is 0 Å². The van der Waals surface area contributed by atoms with Crippen molar-refractivity contribution >= 4 is 27.5 Å². The molecule has 9 heteroatoms. The third kappa shape index (κ3) is 6.07. The third-order valence-electron chi connectivity index (χ3n) is 4.79. The molecule has 2 aromatic rings. The molecule has 0 unspecified atom stereocenters. The quantitative estimate of drug-likeness (QED) is 0.453. The fourth-order valence-electron chi connectivity index (χ4n) is 3.17. The molecule has 1 saturated heterocycles. The van der Waals surface area contributed by atoms with E-state index in [0.29, 0.717) is 43.8 Å². The molecule has 0 spiro atoms. The van der Waals surface area contributed by atoms with E-state index in [0.717, 1.165) is 16.9 Å². The molecule has 1 aliphatic heterocycles. The van der Waals surface area contributed by atoms with Gasteiger partial charge in [0.05, 0.1) is 32.1 Å². The van der Waals surface area contributed by atoms with Crippen LogP contribution in [-0.4, -0.2) is 76.7 Å². The number of nitrogens with zero attached hydrogens (tertiary/aromatic N) is 4. The molecular weight excluding hydrogens is 424 g/mol. The number of aromatic nitrogens is 3. The molecule has 3 rings (SSSR count). The van der Waals surface area contributed by atoms with Crippen molar-refractivity contribution in [2.45, 2.75) is 12.8 Å². The molecule has 1 fully saturated rings. The van der Waals surface area contributed by atoms with Gasteiger partial charge in [-0.15, -0.1) is 5.10 Å². The van der Waals surface area contributed by atoms with Gasteiger partial charge in [0.2, 0.25) is 5.91 Å². The first kappa shape index (κ1) is 22.8. The largest absolute Gasteiger partial charge is 0.377 e. The van der Waals surface area contributed by atoms with E-state index in [-0.39, 0.29) is 11.9 Å². The van der Waals surface area contributed by atoms with Crippen molar-refractivity contribution in [3.63, 3.8) is 0 Å². The minimum atomic E-state index is -0.579. The first-order chi connectivity index (χ1) is 14.3. The van der Waals surface area contributed by atoms with Gasteiger partial charge in [-0.1, -0.05) is 23.4 Å². The fraction of sp³-hybridized carbons (Fsp3) is 0.476. The smallest absolute Gasteiger partial charge is 0.246 e. The van der Waals surface area contributed by atoms with Crippen LogP contribution in [0.4, 0.5) is 0 Å². The van der Waals surface area contributed by atoms with Gasteiger partial charge < -0.3 is 14.4 Å². The van der Waals surface area contributed by atoms with Crippen molar-refractivity contribution in [3.8, 4) is 11.3 Å². The zero-order valence-electron chi connectivity index (χ0n) is 17.7. The maximum Gasteiger partial charge on any atom is 0.246 e. The molecule has 0 radical (unpaired) electrons. The standard InChI is InChI=1S/C21H29ClN4O3S/c1-5-21(27)26-6-7-28-14-20(26)17-10-16(11-18(22)12-17)19-13-25(24-23-19)15-29-8-9-30(2,3)4/h5,10-13,20H,1,6-9,14-15H2,2-4H3/t20-/m0/s1. The summed E-state index contributed by atoms with van der Waals surface area (Å²) in [5.74, 6) is 0.931. The lowest BCUT2D eigenvalue weighted by atomic mass is 10.0. The fourth-order valence-corrected chi connectivity index (χ4v) is 4.04. The zero-order valence-corrected chi connectivity index (χ0v) is 19.3. The van der Waals surface area contributed by atoms with E-state index < -0.39 is 10.0 Å². The minimum absolute atomic E-state index is 0.120. The maximum absolute atomic E-state index is 12.3. The summed E-state index contributed by atoms with van der Waals surface area (Å²) in [6.45, 7) is 6.09. The van der Waals surface area contributed by atoms with Crippen LogP contribution >= 0.6 is 21.6 Å². The highest BCUT2D eigenvalue weighted by atomic mass is 35.5. The molecule has 1 aromatic carbocycles. The Balaban J connectivity index is 1.75. The first-order valence-corrected chi connectivity index (χ1v) is 13.1. The summed E-state index contributed by atoms with van der Waals surface area (Å²) in [5, 5.41) is 8.99. The van der Waals surface area contributed by atoms with E-state index in [1.165, 1.54) is 6.08 Å². The van der Waals surface area contributed by atoms with E-state index in [4.69, 9.17) is 21.1 Å². The Morgan fingerprint density at radius 1 is 1.40 bits per heavy atom. The number of halogens is 1. The van der Waals surface area contributed by atoms with Crippen molar-refractivity contribution in [1.29, 1.82) is 0 Å². The van der Waals surface area contributed by atoms with Crippen molar-refractivity contribution in [1.82, 2.24) is 19.9 Å². The zero-order chi connectivity index (χ0) is 21.7. The summed E-state index contributed by atoms with van der Waals surface area (Å²) in [5.41, 5.74) is 2.42. The molecule has 0 aliphatic carbocycles. The highest BCUT2D eigenvalue weighted by Crippen LogP contribution is 2.33. The van der Waals surface area contributed by atoms with Crippen LogP contribution < -0.4 is 0 Å². The molecule has 1 amide bonds. The second-order valence-corrected chi connectivity index (χ2v) is 13.1. The normalized spacial score (nSPS) is 17.7. The van der Waals surface area contributed by atoms with E-state index in [2.05, 4.69) is 35.7 Å². The number of carbonyl (C=O) groups is 1. The summed E-state index contributed by atoms with van der Waals surface area (Å²) in [4.78, 5) is 14.0. The highest BCUT2D eigenvalue weighted by Gasteiger charge is 2.28. The van der Waals surface area contributed by atoms with Crippen LogP contribution in [0.2, 0.25) is 5.02 Å². The Bertz CT molecular complexity index is 897. The van der Waals surface area contributed by atoms with Gasteiger partial charge in [-0.25, -0.2) is 14.7 Å². The van der Waals surface area contributed by atoms with Crippen molar-refractivity contribution in [2.75, 3.05) is 50.9 Å². The highest BCUT2D eigenvalue weighted by molar-refractivity contribution is 8.32. The predicted octanol–water partition coefficient (Wildman–Crippen LogP) is 3.35. The van der Waals surface area contributed by atoms with Gasteiger partial charge in [0.25, 0.3) is 0 Å². The number of amides is 1. The molecule has 0 bridgehead atoms. The molecule has 1 atom stereocenters. The molecule has 164 valence electrons. The van der Waals surface area contributed by atoms with Crippen LogP contribution in [-0.2, 0) is 21.0 Å². The lowest BCUT2D eigenvalue weighted by molar-refractivity contribution is -0.134.